The summed E-state index contributed by atoms with van der Waals surface area (Å²) in [6.45, 7) is 4.76. The first-order chi connectivity index (χ1) is 16.9. The molecule has 184 valence electrons. The van der Waals surface area contributed by atoms with Crippen molar-refractivity contribution in [3.05, 3.63) is 87.2 Å². The average molecular weight is 496 g/mol. The van der Waals surface area contributed by atoms with Gasteiger partial charge in [-0.25, -0.2) is 4.79 Å². The van der Waals surface area contributed by atoms with Gasteiger partial charge >= 0.3 is 5.97 Å². The van der Waals surface area contributed by atoms with Crippen molar-refractivity contribution in [1.82, 2.24) is 5.32 Å². The van der Waals surface area contributed by atoms with Crippen molar-refractivity contribution >= 4 is 23.4 Å². The van der Waals surface area contributed by atoms with Crippen LogP contribution in [0, 0.1) is 0 Å². The molecule has 35 heavy (non-hydrogen) atoms. The van der Waals surface area contributed by atoms with Crippen molar-refractivity contribution in [2.75, 3.05) is 26.9 Å². The Labute approximate surface area is 210 Å². The van der Waals surface area contributed by atoms with E-state index in [1.165, 1.54) is 0 Å². The first kappa shape index (κ1) is 25.0. The highest BCUT2D eigenvalue weighted by atomic mass is 35.5. The largest absolute Gasteiger partial charge is 0.497 e. The Morgan fingerprint density at radius 1 is 1.09 bits per heavy atom. The van der Waals surface area contributed by atoms with Crippen LogP contribution in [0.4, 0.5) is 0 Å². The third-order valence-corrected chi connectivity index (χ3v) is 6.73. The van der Waals surface area contributed by atoms with Gasteiger partial charge in [0.15, 0.2) is 5.78 Å². The van der Waals surface area contributed by atoms with Crippen LogP contribution in [0.3, 0.4) is 0 Å². The average Bonchev–Trinajstić information content (AvgIpc) is 2.86. The van der Waals surface area contributed by atoms with Crippen LogP contribution in [0.2, 0.25) is 5.02 Å². The molecule has 0 saturated carbocycles. The molecule has 0 unspecified atom stereocenters. The minimum Gasteiger partial charge on any atom is -0.497 e. The molecule has 1 aliphatic heterocycles. The molecule has 1 N–H and O–H groups in total. The molecule has 0 bridgehead atoms. The molecule has 0 radical (unpaired) electrons. The Morgan fingerprint density at radius 3 is 2.57 bits per heavy atom. The van der Waals surface area contributed by atoms with Crippen molar-refractivity contribution in [2.45, 2.75) is 38.5 Å². The van der Waals surface area contributed by atoms with Crippen LogP contribution in [-0.2, 0) is 19.1 Å². The van der Waals surface area contributed by atoms with Gasteiger partial charge in [0.2, 0.25) is 0 Å². The Morgan fingerprint density at radius 2 is 1.86 bits per heavy atom. The number of halogens is 1. The van der Waals surface area contributed by atoms with E-state index in [2.05, 4.69) is 5.32 Å². The second-order valence-corrected chi connectivity index (χ2v) is 9.11. The van der Waals surface area contributed by atoms with Crippen LogP contribution < -0.4 is 10.1 Å². The number of esters is 1. The van der Waals surface area contributed by atoms with E-state index in [4.69, 9.17) is 25.8 Å². The summed E-state index contributed by atoms with van der Waals surface area (Å²) >= 11 is 6.06. The molecule has 2 atom stereocenters. The summed E-state index contributed by atoms with van der Waals surface area (Å²) in [5, 5.41) is 4.03. The maximum atomic E-state index is 13.6. The highest BCUT2D eigenvalue weighted by Gasteiger charge is 2.41. The molecule has 0 spiro atoms. The molecule has 2 aliphatic rings. The van der Waals surface area contributed by atoms with Crippen molar-refractivity contribution in [3.63, 3.8) is 0 Å². The van der Waals surface area contributed by atoms with Gasteiger partial charge in [0.1, 0.15) is 12.4 Å². The van der Waals surface area contributed by atoms with E-state index >= 15 is 0 Å². The van der Waals surface area contributed by atoms with Gasteiger partial charge in [0, 0.05) is 40.9 Å². The molecular weight excluding hydrogens is 466 g/mol. The van der Waals surface area contributed by atoms with E-state index in [1.54, 1.807) is 7.11 Å². The Balaban J connectivity index is 1.72. The number of ketones is 1. The molecule has 2 aromatic rings. The van der Waals surface area contributed by atoms with E-state index in [1.807, 2.05) is 62.4 Å². The third-order valence-electron chi connectivity index (χ3n) is 6.48. The molecule has 6 nitrogen and oxygen atoms in total. The van der Waals surface area contributed by atoms with Gasteiger partial charge in [-0.05, 0) is 61.6 Å². The van der Waals surface area contributed by atoms with Gasteiger partial charge in [-0.2, -0.15) is 0 Å². The van der Waals surface area contributed by atoms with Gasteiger partial charge in [-0.1, -0.05) is 35.9 Å². The predicted octanol–water partition coefficient (Wildman–Crippen LogP) is 5.29. The fourth-order valence-electron chi connectivity index (χ4n) is 4.85. The number of hydrogen-bond donors (Lipinski definition) is 1. The fraction of sp³-hybridized carbons (Fsp3) is 0.357. The normalized spacial score (nSPS) is 19.8. The monoisotopic (exact) mass is 495 g/mol. The molecule has 0 saturated heterocycles. The van der Waals surface area contributed by atoms with Crippen LogP contribution in [0.1, 0.15) is 49.7 Å². The molecular formula is C28H30ClNO5. The third kappa shape index (κ3) is 5.44. The van der Waals surface area contributed by atoms with Gasteiger partial charge in [-0.15, -0.1) is 0 Å². The molecule has 0 fully saturated rings. The summed E-state index contributed by atoms with van der Waals surface area (Å²) < 4.78 is 16.3. The van der Waals surface area contributed by atoms with Gasteiger partial charge in [-0.3, -0.25) is 4.79 Å². The summed E-state index contributed by atoms with van der Waals surface area (Å²) in [4.78, 5) is 26.9. The zero-order valence-electron chi connectivity index (χ0n) is 20.2. The van der Waals surface area contributed by atoms with Crippen molar-refractivity contribution < 1.29 is 23.8 Å². The zero-order chi connectivity index (χ0) is 24.9. The summed E-state index contributed by atoms with van der Waals surface area (Å²) in [6.07, 6.45) is 1.02. The van der Waals surface area contributed by atoms with E-state index in [0.717, 1.165) is 16.8 Å². The van der Waals surface area contributed by atoms with Gasteiger partial charge in [0.05, 0.1) is 19.3 Å². The second-order valence-electron chi connectivity index (χ2n) is 8.68. The van der Waals surface area contributed by atoms with Gasteiger partial charge < -0.3 is 19.5 Å². The maximum absolute atomic E-state index is 13.6. The standard InChI is InChI=1S/C28H30ClNO5/c1-4-34-12-13-35-28(32)25-17(2)30-23-15-20(18-8-10-21(29)11-9-18)16-24(31)27(23)26(25)19-6-5-7-22(14-19)33-3/h5-11,14,20,26,30H,4,12-13,15-16H2,1-3H3/t20-,26+/m0/s1. The Bertz CT molecular complexity index is 1170. The number of methoxy groups -OCH3 is 1. The number of carbonyl (C=O) groups excluding carboxylic acids is 2. The summed E-state index contributed by atoms with van der Waals surface area (Å²) in [6, 6.07) is 15.1. The van der Waals surface area contributed by atoms with Crippen molar-refractivity contribution in [3.8, 4) is 5.75 Å². The van der Waals surface area contributed by atoms with Crippen LogP contribution >= 0.6 is 11.6 Å². The number of dihydropyridines is 1. The number of Topliss-reactive ketones (excluding diaryl/α,β-unsaturated/α-hetero) is 1. The number of ether oxygens (including phenoxy) is 3. The van der Waals surface area contributed by atoms with E-state index < -0.39 is 11.9 Å². The lowest BCUT2D eigenvalue weighted by molar-refractivity contribution is -0.140. The van der Waals surface area contributed by atoms with Gasteiger partial charge in [0.25, 0.3) is 0 Å². The smallest absolute Gasteiger partial charge is 0.336 e. The molecule has 1 aliphatic carbocycles. The van der Waals surface area contributed by atoms with E-state index in [-0.39, 0.29) is 18.3 Å². The van der Waals surface area contributed by atoms with Crippen LogP contribution in [0.5, 0.6) is 5.75 Å². The lowest BCUT2D eigenvalue weighted by atomic mass is 9.71. The highest BCUT2D eigenvalue weighted by molar-refractivity contribution is 6.30. The van der Waals surface area contributed by atoms with Crippen LogP contribution in [0.25, 0.3) is 0 Å². The molecule has 2 aromatic carbocycles. The molecule has 1 heterocycles. The molecule has 0 aromatic heterocycles. The number of hydrogen-bond acceptors (Lipinski definition) is 6. The first-order valence-electron chi connectivity index (χ1n) is 11.8. The number of allylic oxidation sites excluding steroid dienone is 3. The van der Waals surface area contributed by atoms with Crippen LogP contribution in [-0.4, -0.2) is 38.7 Å². The predicted molar refractivity (Wildman–Crippen MR) is 134 cm³/mol. The first-order valence-corrected chi connectivity index (χ1v) is 12.2. The van der Waals surface area contributed by atoms with E-state index in [9.17, 15) is 9.59 Å². The minimum atomic E-state index is -0.542. The quantitative estimate of drug-likeness (QED) is 0.396. The number of carbonyl (C=O) groups is 2. The fourth-order valence-corrected chi connectivity index (χ4v) is 4.98. The lowest BCUT2D eigenvalue weighted by Gasteiger charge is -2.36. The maximum Gasteiger partial charge on any atom is 0.336 e. The number of rotatable bonds is 8. The highest BCUT2D eigenvalue weighted by Crippen LogP contribution is 2.46. The number of benzene rings is 2. The summed E-state index contributed by atoms with van der Waals surface area (Å²) in [5.41, 5.74) is 4.46. The van der Waals surface area contributed by atoms with Crippen molar-refractivity contribution in [1.29, 1.82) is 0 Å². The minimum absolute atomic E-state index is 0.0126. The molecule has 0 amide bonds. The molecule has 4 rings (SSSR count). The molecule has 7 heteroatoms. The number of nitrogens with one attached hydrogen (secondary N) is 1. The summed E-state index contributed by atoms with van der Waals surface area (Å²) in [5.74, 6) is -0.295. The second kappa shape index (κ2) is 11.1. The summed E-state index contributed by atoms with van der Waals surface area (Å²) in [7, 11) is 1.60. The Kier molecular flexibility index (Phi) is 7.93. The topological polar surface area (TPSA) is 73.9 Å². The Hall–Kier alpha value is -3.09. The van der Waals surface area contributed by atoms with Crippen molar-refractivity contribution in [2.24, 2.45) is 0 Å². The lowest BCUT2D eigenvalue weighted by Crippen LogP contribution is -2.36. The van der Waals surface area contributed by atoms with E-state index in [0.29, 0.717) is 53.7 Å². The zero-order valence-corrected chi connectivity index (χ0v) is 21.0. The van der Waals surface area contributed by atoms with Crippen LogP contribution in [0.15, 0.2) is 71.1 Å². The SMILES string of the molecule is CCOCCOC(=O)C1=C(C)NC2=C(C(=O)C[C@@H](c3ccc(Cl)cc3)C2)[C@@H]1c1cccc(OC)c1.